The molecule has 0 radical (unpaired) electrons. The average Bonchev–Trinajstić information content (AvgIpc) is 3.03. The van der Waals surface area contributed by atoms with Crippen molar-refractivity contribution in [2.75, 3.05) is 37.7 Å². The van der Waals surface area contributed by atoms with E-state index in [0.717, 1.165) is 0 Å². The van der Waals surface area contributed by atoms with E-state index in [2.05, 4.69) is 5.10 Å². The minimum absolute atomic E-state index is 0.00864. The summed E-state index contributed by atoms with van der Waals surface area (Å²) in [5.74, 6) is 0.307. The molecule has 128 valence electrons. The molecular formula is C17H21FN4O2. The molecule has 1 aromatic heterocycles. The number of piperazine rings is 1. The van der Waals surface area contributed by atoms with Crippen LogP contribution in [0.2, 0.25) is 0 Å². The van der Waals surface area contributed by atoms with Gasteiger partial charge in [-0.1, -0.05) is 12.1 Å². The molecule has 2 aromatic rings. The summed E-state index contributed by atoms with van der Waals surface area (Å²) < 4.78 is 20.7. The number of ether oxygens (including phenoxy) is 1. The fraction of sp³-hybridized carbons (Fsp3) is 0.412. The Balaban J connectivity index is 1.54. The lowest BCUT2D eigenvalue weighted by atomic mass is 10.2. The molecule has 0 spiro atoms. The van der Waals surface area contributed by atoms with E-state index >= 15 is 0 Å². The highest BCUT2D eigenvalue weighted by Gasteiger charge is 2.23. The minimum Gasteiger partial charge on any atom is -0.477 e. The van der Waals surface area contributed by atoms with E-state index in [9.17, 15) is 9.18 Å². The highest BCUT2D eigenvalue weighted by molar-refractivity contribution is 5.76. The van der Waals surface area contributed by atoms with Crippen molar-refractivity contribution in [2.45, 2.75) is 13.5 Å². The molecule has 1 aliphatic rings. The largest absolute Gasteiger partial charge is 0.477 e. The zero-order valence-electron chi connectivity index (χ0n) is 13.7. The first-order valence-electron chi connectivity index (χ1n) is 8.11. The number of carbonyl (C=O) groups is 1. The molecule has 0 saturated carbocycles. The standard InChI is InChI=1S/C17H21FN4O2/c1-2-24-16-7-8-22(19-16)13-17(23)21-11-9-20(10-12-21)15-6-4-3-5-14(15)18/h3-8H,2,9-13H2,1H3. The van der Waals surface area contributed by atoms with Gasteiger partial charge < -0.3 is 14.5 Å². The van der Waals surface area contributed by atoms with Gasteiger partial charge in [-0.25, -0.2) is 4.39 Å². The van der Waals surface area contributed by atoms with Crippen molar-refractivity contribution in [3.8, 4) is 5.88 Å². The Morgan fingerprint density at radius 2 is 1.96 bits per heavy atom. The minimum atomic E-state index is -0.225. The smallest absolute Gasteiger partial charge is 0.244 e. The van der Waals surface area contributed by atoms with Gasteiger partial charge in [0.25, 0.3) is 0 Å². The van der Waals surface area contributed by atoms with Gasteiger partial charge in [0, 0.05) is 38.4 Å². The number of para-hydroxylation sites is 1. The summed E-state index contributed by atoms with van der Waals surface area (Å²) in [7, 11) is 0. The molecule has 24 heavy (non-hydrogen) atoms. The predicted molar refractivity (Wildman–Crippen MR) is 88.6 cm³/mol. The third-order valence-electron chi connectivity index (χ3n) is 4.03. The summed E-state index contributed by atoms with van der Waals surface area (Å²) in [5, 5.41) is 4.20. The zero-order chi connectivity index (χ0) is 16.9. The maximum atomic E-state index is 13.8. The normalized spacial score (nSPS) is 14.8. The van der Waals surface area contributed by atoms with Gasteiger partial charge >= 0.3 is 0 Å². The van der Waals surface area contributed by atoms with Crippen LogP contribution in [0.4, 0.5) is 10.1 Å². The highest BCUT2D eigenvalue weighted by atomic mass is 19.1. The van der Waals surface area contributed by atoms with E-state index in [1.165, 1.54) is 6.07 Å². The topological polar surface area (TPSA) is 50.6 Å². The molecule has 1 amide bonds. The molecule has 0 bridgehead atoms. The predicted octanol–water partition coefficient (Wildman–Crippen LogP) is 1.77. The highest BCUT2D eigenvalue weighted by Crippen LogP contribution is 2.20. The Bertz CT molecular complexity index is 695. The van der Waals surface area contributed by atoms with Gasteiger partial charge in [-0.2, -0.15) is 0 Å². The van der Waals surface area contributed by atoms with Crippen molar-refractivity contribution >= 4 is 11.6 Å². The summed E-state index contributed by atoms with van der Waals surface area (Å²) in [6.07, 6.45) is 1.73. The van der Waals surface area contributed by atoms with Crippen molar-refractivity contribution in [1.82, 2.24) is 14.7 Å². The van der Waals surface area contributed by atoms with Crippen molar-refractivity contribution in [2.24, 2.45) is 0 Å². The zero-order valence-corrected chi connectivity index (χ0v) is 13.7. The molecule has 7 heteroatoms. The number of hydrogen-bond donors (Lipinski definition) is 0. The molecule has 6 nitrogen and oxygen atoms in total. The summed E-state index contributed by atoms with van der Waals surface area (Å²) >= 11 is 0. The second-order valence-electron chi connectivity index (χ2n) is 5.60. The van der Waals surface area contributed by atoms with E-state index < -0.39 is 0 Å². The third-order valence-corrected chi connectivity index (χ3v) is 4.03. The van der Waals surface area contributed by atoms with Gasteiger partial charge in [0.15, 0.2) is 0 Å². The third kappa shape index (κ3) is 3.67. The number of halogens is 1. The van der Waals surface area contributed by atoms with Gasteiger partial charge in [-0.05, 0) is 19.1 Å². The molecule has 1 fully saturated rings. The van der Waals surface area contributed by atoms with Crippen LogP contribution in [-0.4, -0.2) is 53.4 Å². The van der Waals surface area contributed by atoms with Crippen molar-refractivity contribution in [3.63, 3.8) is 0 Å². The van der Waals surface area contributed by atoms with Gasteiger partial charge in [-0.3, -0.25) is 9.48 Å². The number of hydrogen-bond acceptors (Lipinski definition) is 4. The first-order valence-corrected chi connectivity index (χ1v) is 8.11. The Morgan fingerprint density at radius 3 is 2.67 bits per heavy atom. The molecule has 1 aliphatic heterocycles. The van der Waals surface area contributed by atoms with Crippen LogP contribution >= 0.6 is 0 Å². The Labute approximate surface area is 140 Å². The quantitative estimate of drug-likeness (QED) is 0.837. The monoisotopic (exact) mass is 332 g/mol. The lowest BCUT2D eigenvalue weighted by Crippen LogP contribution is -2.49. The van der Waals surface area contributed by atoms with E-state index in [-0.39, 0.29) is 18.3 Å². The van der Waals surface area contributed by atoms with Gasteiger partial charge in [-0.15, -0.1) is 5.10 Å². The van der Waals surface area contributed by atoms with Gasteiger partial charge in [0.05, 0.1) is 12.3 Å². The second-order valence-corrected chi connectivity index (χ2v) is 5.60. The molecule has 1 saturated heterocycles. The number of rotatable bonds is 5. The number of aromatic nitrogens is 2. The van der Waals surface area contributed by atoms with Crippen LogP contribution in [0.5, 0.6) is 5.88 Å². The Hall–Kier alpha value is -2.57. The van der Waals surface area contributed by atoms with Crippen LogP contribution in [-0.2, 0) is 11.3 Å². The molecule has 0 N–H and O–H groups in total. The van der Waals surface area contributed by atoms with Gasteiger partial charge in [0.1, 0.15) is 12.4 Å². The molecule has 0 aliphatic carbocycles. The Kier molecular flexibility index (Phi) is 4.98. The van der Waals surface area contributed by atoms with E-state index in [1.807, 2.05) is 17.9 Å². The van der Waals surface area contributed by atoms with Crippen LogP contribution in [0.15, 0.2) is 36.5 Å². The number of nitrogens with zero attached hydrogens (tertiary/aromatic N) is 4. The maximum absolute atomic E-state index is 13.8. The Morgan fingerprint density at radius 1 is 1.21 bits per heavy atom. The van der Waals surface area contributed by atoms with Crippen LogP contribution in [0, 0.1) is 5.82 Å². The van der Waals surface area contributed by atoms with Crippen molar-refractivity contribution in [1.29, 1.82) is 0 Å². The number of anilines is 1. The van der Waals surface area contributed by atoms with E-state index in [1.54, 1.807) is 34.0 Å². The van der Waals surface area contributed by atoms with Crippen LogP contribution in [0.1, 0.15) is 6.92 Å². The first kappa shape index (κ1) is 16.3. The van der Waals surface area contributed by atoms with Crippen LogP contribution in [0.3, 0.4) is 0 Å². The molecule has 3 rings (SSSR count). The lowest BCUT2D eigenvalue weighted by Gasteiger charge is -2.36. The fourth-order valence-electron chi connectivity index (χ4n) is 2.80. The number of amides is 1. The summed E-state index contributed by atoms with van der Waals surface area (Å²) in [6, 6.07) is 8.47. The first-order chi connectivity index (χ1) is 11.7. The number of carbonyl (C=O) groups excluding carboxylic acids is 1. The number of benzene rings is 1. The van der Waals surface area contributed by atoms with Crippen molar-refractivity contribution < 1.29 is 13.9 Å². The molecule has 0 atom stereocenters. The molecule has 0 unspecified atom stereocenters. The summed E-state index contributed by atoms with van der Waals surface area (Å²) in [6.45, 7) is 5.01. The lowest BCUT2D eigenvalue weighted by molar-refractivity contribution is -0.132. The SMILES string of the molecule is CCOc1ccn(CC(=O)N2CCN(c3ccccc3F)CC2)n1. The second kappa shape index (κ2) is 7.33. The summed E-state index contributed by atoms with van der Waals surface area (Å²) in [4.78, 5) is 16.1. The van der Waals surface area contributed by atoms with Gasteiger partial charge in [0.2, 0.25) is 11.8 Å². The van der Waals surface area contributed by atoms with E-state index in [0.29, 0.717) is 44.4 Å². The van der Waals surface area contributed by atoms with Crippen LogP contribution in [0.25, 0.3) is 0 Å². The van der Waals surface area contributed by atoms with Crippen molar-refractivity contribution in [3.05, 3.63) is 42.3 Å². The van der Waals surface area contributed by atoms with E-state index in [4.69, 9.17) is 4.74 Å². The average molecular weight is 332 g/mol. The molecule has 1 aromatic carbocycles. The van der Waals surface area contributed by atoms with Crippen LogP contribution < -0.4 is 9.64 Å². The molecule has 2 heterocycles. The molecular weight excluding hydrogens is 311 g/mol. The maximum Gasteiger partial charge on any atom is 0.244 e. The fourth-order valence-corrected chi connectivity index (χ4v) is 2.80. The summed E-state index contributed by atoms with van der Waals surface area (Å²) in [5.41, 5.74) is 0.595.